The molecule has 0 spiro atoms. The van der Waals surface area contributed by atoms with Crippen molar-refractivity contribution in [3.63, 3.8) is 0 Å². The van der Waals surface area contributed by atoms with Crippen LogP contribution in [0.4, 0.5) is 5.69 Å². The molecule has 0 saturated heterocycles. The lowest BCUT2D eigenvalue weighted by Gasteiger charge is -2.25. The Bertz CT molecular complexity index is 580. The minimum atomic E-state index is 0.481. The van der Waals surface area contributed by atoms with E-state index in [1.807, 2.05) is 11.3 Å². The van der Waals surface area contributed by atoms with E-state index in [4.69, 9.17) is 0 Å². The molecule has 3 rings (SSSR count). The molecule has 0 amide bonds. The number of benzene rings is 1. The van der Waals surface area contributed by atoms with Crippen LogP contribution in [0.3, 0.4) is 0 Å². The topological polar surface area (TPSA) is 12.0 Å². The average Bonchev–Trinajstić information content (AvgIpc) is 2.85. The number of fused-ring (bicyclic) bond motifs is 1. The largest absolute Gasteiger partial charge is 0.378 e. The number of hydrogen-bond donors (Lipinski definition) is 1. The van der Waals surface area contributed by atoms with E-state index in [0.29, 0.717) is 6.04 Å². The van der Waals surface area contributed by atoms with E-state index in [1.165, 1.54) is 46.1 Å². The number of halogens is 1. The van der Waals surface area contributed by atoms with Crippen LogP contribution >= 0.6 is 27.3 Å². The standard InChI is InChI=1S/C16H18BrNS/c1-10-8-12(9-11(2)16(10)17)18-14-4-3-5-15-13(14)6-7-19-15/h6-9,14,18H,3-5H2,1-2H3. The van der Waals surface area contributed by atoms with Crippen LogP contribution in [0.15, 0.2) is 28.1 Å². The summed E-state index contributed by atoms with van der Waals surface area (Å²) in [6.45, 7) is 4.30. The van der Waals surface area contributed by atoms with Gasteiger partial charge in [-0.15, -0.1) is 11.3 Å². The zero-order valence-corrected chi connectivity index (χ0v) is 13.7. The number of aryl methyl sites for hydroxylation is 3. The lowest BCUT2D eigenvalue weighted by Crippen LogP contribution is -2.15. The SMILES string of the molecule is Cc1cc(NC2CCCc3sccc32)cc(C)c1Br. The molecule has 1 aromatic carbocycles. The zero-order chi connectivity index (χ0) is 13.4. The monoisotopic (exact) mass is 335 g/mol. The van der Waals surface area contributed by atoms with E-state index < -0.39 is 0 Å². The highest BCUT2D eigenvalue weighted by molar-refractivity contribution is 9.10. The quantitative estimate of drug-likeness (QED) is 0.751. The maximum atomic E-state index is 3.72. The van der Waals surface area contributed by atoms with E-state index in [2.05, 4.69) is 58.7 Å². The molecule has 3 heteroatoms. The molecular weight excluding hydrogens is 318 g/mol. The Kier molecular flexibility index (Phi) is 3.68. The summed E-state index contributed by atoms with van der Waals surface area (Å²) in [5, 5.41) is 5.94. The molecule has 0 bridgehead atoms. The minimum Gasteiger partial charge on any atom is -0.378 e. The summed E-state index contributed by atoms with van der Waals surface area (Å²) in [4.78, 5) is 1.56. The maximum Gasteiger partial charge on any atom is 0.0524 e. The van der Waals surface area contributed by atoms with Crippen molar-refractivity contribution >= 4 is 33.0 Å². The molecule has 0 fully saturated rings. The molecular formula is C16H18BrNS. The lowest BCUT2D eigenvalue weighted by atomic mass is 9.93. The summed E-state index contributed by atoms with van der Waals surface area (Å²) in [6.07, 6.45) is 3.78. The van der Waals surface area contributed by atoms with Crippen LogP contribution in [0.2, 0.25) is 0 Å². The second-order valence-electron chi connectivity index (χ2n) is 5.31. The van der Waals surface area contributed by atoms with E-state index in [0.717, 1.165) is 0 Å². The third-order valence-corrected chi connectivity index (χ3v) is 6.08. The normalized spacial score (nSPS) is 18.2. The Labute approximate surface area is 127 Å². The van der Waals surface area contributed by atoms with Crippen LogP contribution in [-0.2, 0) is 6.42 Å². The van der Waals surface area contributed by atoms with Crippen LogP contribution in [0.5, 0.6) is 0 Å². The van der Waals surface area contributed by atoms with Crippen molar-refractivity contribution in [2.24, 2.45) is 0 Å². The molecule has 1 N–H and O–H groups in total. The van der Waals surface area contributed by atoms with E-state index >= 15 is 0 Å². The average molecular weight is 336 g/mol. The Balaban J connectivity index is 1.87. The molecule has 0 aliphatic heterocycles. The van der Waals surface area contributed by atoms with Crippen LogP contribution in [0, 0.1) is 13.8 Å². The van der Waals surface area contributed by atoms with Crippen molar-refractivity contribution in [1.82, 2.24) is 0 Å². The van der Waals surface area contributed by atoms with Crippen LogP contribution in [-0.4, -0.2) is 0 Å². The van der Waals surface area contributed by atoms with E-state index in [-0.39, 0.29) is 0 Å². The zero-order valence-electron chi connectivity index (χ0n) is 11.3. The fraction of sp³-hybridized carbons (Fsp3) is 0.375. The first-order valence-electron chi connectivity index (χ1n) is 6.74. The van der Waals surface area contributed by atoms with Gasteiger partial charge in [-0.3, -0.25) is 0 Å². The third-order valence-electron chi connectivity index (χ3n) is 3.83. The molecule has 19 heavy (non-hydrogen) atoms. The van der Waals surface area contributed by atoms with Gasteiger partial charge in [-0.05, 0) is 73.4 Å². The number of hydrogen-bond acceptors (Lipinski definition) is 2. The molecule has 2 aromatic rings. The second-order valence-corrected chi connectivity index (χ2v) is 7.11. The molecule has 0 radical (unpaired) electrons. The van der Waals surface area contributed by atoms with Crippen LogP contribution in [0.1, 0.15) is 40.5 Å². The van der Waals surface area contributed by atoms with Gasteiger partial charge in [0.05, 0.1) is 6.04 Å². The molecule has 1 nitrogen and oxygen atoms in total. The van der Waals surface area contributed by atoms with Crippen molar-refractivity contribution in [3.05, 3.63) is 49.6 Å². The summed E-state index contributed by atoms with van der Waals surface area (Å²) in [7, 11) is 0. The van der Waals surface area contributed by atoms with Gasteiger partial charge in [0, 0.05) is 15.0 Å². The van der Waals surface area contributed by atoms with Gasteiger partial charge >= 0.3 is 0 Å². The van der Waals surface area contributed by atoms with Crippen LogP contribution in [0.25, 0.3) is 0 Å². The van der Waals surface area contributed by atoms with Gasteiger partial charge in [-0.2, -0.15) is 0 Å². The maximum absolute atomic E-state index is 3.72. The van der Waals surface area contributed by atoms with Gasteiger partial charge in [-0.1, -0.05) is 15.9 Å². The molecule has 1 atom stereocenters. The predicted molar refractivity (Wildman–Crippen MR) is 87.2 cm³/mol. The number of anilines is 1. The van der Waals surface area contributed by atoms with Crippen LogP contribution < -0.4 is 5.32 Å². The summed E-state index contributed by atoms with van der Waals surface area (Å²) < 4.78 is 1.22. The molecule has 1 aliphatic carbocycles. The lowest BCUT2D eigenvalue weighted by molar-refractivity contribution is 0.609. The van der Waals surface area contributed by atoms with Gasteiger partial charge in [0.25, 0.3) is 0 Å². The Hall–Kier alpha value is -0.800. The van der Waals surface area contributed by atoms with Crippen molar-refractivity contribution in [3.8, 4) is 0 Å². The highest BCUT2D eigenvalue weighted by atomic mass is 79.9. The van der Waals surface area contributed by atoms with Gasteiger partial charge in [0.1, 0.15) is 0 Å². The Morgan fingerprint density at radius 1 is 1.26 bits per heavy atom. The summed E-state index contributed by atoms with van der Waals surface area (Å²) >= 11 is 5.53. The van der Waals surface area contributed by atoms with Crippen molar-refractivity contribution < 1.29 is 0 Å². The fourth-order valence-electron chi connectivity index (χ4n) is 2.87. The second kappa shape index (κ2) is 5.29. The first-order chi connectivity index (χ1) is 9.15. The molecule has 1 aliphatic rings. The highest BCUT2D eigenvalue weighted by Gasteiger charge is 2.21. The van der Waals surface area contributed by atoms with E-state index in [9.17, 15) is 0 Å². The first kappa shape index (κ1) is 13.2. The van der Waals surface area contributed by atoms with Crippen molar-refractivity contribution in [1.29, 1.82) is 0 Å². The first-order valence-corrected chi connectivity index (χ1v) is 8.42. The molecule has 1 unspecified atom stereocenters. The van der Waals surface area contributed by atoms with Gasteiger partial charge in [-0.25, -0.2) is 0 Å². The summed E-state index contributed by atoms with van der Waals surface area (Å²) in [6, 6.07) is 7.24. The molecule has 100 valence electrons. The van der Waals surface area contributed by atoms with Gasteiger partial charge in [0.15, 0.2) is 0 Å². The van der Waals surface area contributed by atoms with Crippen molar-refractivity contribution in [2.45, 2.75) is 39.2 Å². The smallest absolute Gasteiger partial charge is 0.0524 e. The van der Waals surface area contributed by atoms with Crippen molar-refractivity contribution in [2.75, 3.05) is 5.32 Å². The minimum absolute atomic E-state index is 0.481. The Morgan fingerprint density at radius 2 is 2.00 bits per heavy atom. The molecule has 0 saturated carbocycles. The van der Waals surface area contributed by atoms with Gasteiger partial charge < -0.3 is 5.32 Å². The van der Waals surface area contributed by atoms with Gasteiger partial charge in [0.2, 0.25) is 0 Å². The van der Waals surface area contributed by atoms with E-state index in [1.54, 1.807) is 4.88 Å². The number of rotatable bonds is 2. The number of nitrogens with one attached hydrogen (secondary N) is 1. The summed E-state index contributed by atoms with van der Waals surface area (Å²) in [5.41, 5.74) is 5.34. The predicted octanol–water partition coefficient (Wildman–Crippen LogP) is 5.62. The summed E-state index contributed by atoms with van der Waals surface area (Å²) in [5.74, 6) is 0. The Morgan fingerprint density at radius 3 is 2.74 bits per heavy atom. The molecule has 1 heterocycles. The number of thiophene rings is 1. The third kappa shape index (κ3) is 2.59. The molecule has 1 aromatic heterocycles. The fourth-order valence-corrected chi connectivity index (χ4v) is 4.08. The highest BCUT2D eigenvalue weighted by Crippen LogP contribution is 2.36.